The molecule has 0 aliphatic heterocycles. The van der Waals surface area contributed by atoms with Crippen molar-refractivity contribution in [3.05, 3.63) is 53.3 Å². The first-order chi connectivity index (χ1) is 12.8. The molecule has 0 aliphatic carbocycles. The molecule has 0 radical (unpaired) electrons. The number of hydrogen-bond donors (Lipinski definition) is 2. The summed E-state index contributed by atoms with van der Waals surface area (Å²) < 4.78 is 18.5. The normalized spacial score (nSPS) is 10.4. The molecule has 0 aromatic heterocycles. The Morgan fingerprint density at radius 3 is 2.44 bits per heavy atom. The number of nitrogens with zero attached hydrogens (tertiary/aromatic N) is 1. The van der Waals surface area contributed by atoms with Crippen LogP contribution in [0, 0.1) is 5.82 Å². The van der Waals surface area contributed by atoms with Gasteiger partial charge in [-0.3, -0.25) is 9.69 Å². The van der Waals surface area contributed by atoms with E-state index in [2.05, 4.69) is 10.6 Å². The van der Waals surface area contributed by atoms with Crippen molar-refractivity contribution < 1.29 is 18.7 Å². The van der Waals surface area contributed by atoms with E-state index < -0.39 is 11.7 Å². The number of urea groups is 1. The molecule has 0 atom stereocenters. The highest BCUT2D eigenvalue weighted by Crippen LogP contribution is 2.20. The lowest BCUT2D eigenvalue weighted by atomic mass is 10.3. The van der Waals surface area contributed by atoms with Gasteiger partial charge in [0.05, 0.1) is 5.02 Å². The molecule has 27 heavy (non-hydrogen) atoms. The fourth-order valence-corrected chi connectivity index (χ4v) is 2.33. The van der Waals surface area contributed by atoms with E-state index in [1.807, 2.05) is 13.8 Å². The molecule has 3 amide bonds. The molecule has 2 aromatic rings. The molecule has 0 spiro atoms. The number of carbonyl (C=O) groups is 2. The predicted octanol–water partition coefficient (Wildman–Crippen LogP) is 4.05. The van der Waals surface area contributed by atoms with Crippen LogP contribution in [0.15, 0.2) is 42.5 Å². The van der Waals surface area contributed by atoms with Gasteiger partial charge in [0.25, 0.3) is 5.91 Å². The summed E-state index contributed by atoms with van der Waals surface area (Å²) in [5.41, 5.74) is 1.06. The molecule has 0 aliphatic rings. The lowest BCUT2D eigenvalue weighted by molar-refractivity contribution is -0.118. The standard InChI is InChI=1S/C19H21ClFN3O3/c1-12(2)22-19(26)24(3)14-5-7-15(8-6-14)27-11-18(25)23-13-4-9-17(21)16(20)10-13/h4-10,12H,11H2,1-3H3,(H,22,26)(H,23,25). The molecule has 0 saturated heterocycles. The quantitative estimate of drug-likeness (QED) is 0.777. The topological polar surface area (TPSA) is 70.7 Å². The van der Waals surface area contributed by atoms with E-state index in [1.54, 1.807) is 31.3 Å². The van der Waals surface area contributed by atoms with Gasteiger partial charge in [-0.2, -0.15) is 0 Å². The second-order valence-corrected chi connectivity index (χ2v) is 6.53. The smallest absolute Gasteiger partial charge is 0.321 e. The number of amides is 3. The Kier molecular flexibility index (Phi) is 7.01. The van der Waals surface area contributed by atoms with Crippen molar-refractivity contribution in [1.29, 1.82) is 0 Å². The Bertz CT molecular complexity index is 812. The van der Waals surface area contributed by atoms with Crippen LogP contribution in [0.4, 0.5) is 20.6 Å². The highest BCUT2D eigenvalue weighted by molar-refractivity contribution is 6.31. The highest BCUT2D eigenvalue weighted by atomic mass is 35.5. The summed E-state index contributed by atoms with van der Waals surface area (Å²) in [5, 5.41) is 5.29. The van der Waals surface area contributed by atoms with Gasteiger partial charge in [0, 0.05) is 24.5 Å². The molecule has 8 heteroatoms. The van der Waals surface area contributed by atoms with Crippen LogP contribution < -0.4 is 20.3 Å². The first-order valence-corrected chi connectivity index (χ1v) is 8.66. The summed E-state index contributed by atoms with van der Waals surface area (Å²) in [6.45, 7) is 3.54. The molecule has 2 N–H and O–H groups in total. The van der Waals surface area contributed by atoms with Crippen LogP contribution in [-0.2, 0) is 4.79 Å². The summed E-state index contributed by atoms with van der Waals surface area (Å²) in [5.74, 6) is -0.489. The Hall–Kier alpha value is -2.80. The summed E-state index contributed by atoms with van der Waals surface area (Å²) >= 11 is 5.67. The maximum atomic E-state index is 13.1. The average molecular weight is 394 g/mol. The first-order valence-electron chi connectivity index (χ1n) is 8.28. The molecule has 2 aromatic carbocycles. The number of carbonyl (C=O) groups excluding carboxylic acids is 2. The zero-order chi connectivity index (χ0) is 20.0. The van der Waals surface area contributed by atoms with Gasteiger partial charge in [-0.05, 0) is 56.3 Å². The van der Waals surface area contributed by atoms with E-state index >= 15 is 0 Å². The average Bonchev–Trinajstić information content (AvgIpc) is 2.62. The van der Waals surface area contributed by atoms with Crippen LogP contribution >= 0.6 is 11.6 Å². The van der Waals surface area contributed by atoms with Gasteiger partial charge in [-0.1, -0.05) is 11.6 Å². The molecule has 144 valence electrons. The molecule has 2 rings (SSSR count). The number of ether oxygens (including phenoxy) is 1. The number of rotatable bonds is 6. The number of halogens is 2. The van der Waals surface area contributed by atoms with Crippen LogP contribution in [0.3, 0.4) is 0 Å². The maximum Gasteiger partial charge on any atom is 0.321 e. The molecule has 0 unspecified atom stereocenters. The van der Waals surface area contributed by atoms with E-state index in [0.717, 1.165) is 0 Å². The van der Waals surface area contributed by atoms with Gasteiger partial charge in [0.2, 0.25) is 0 Å². The molecule has 0 heterocycles. The minimum atomic E-state index is -0.557. The van der Waals surface area contributed by atoms with Gasteiger partial charge >= 0.3 is 6.03 Å². The molecule has 0 saturated carbocycles. The molecule has 0 bridgehead atoms. The van der Waals surface area contributed by atoms with E-state index in [9.17, 15) is 14.0 Å². The summed E-state index contributed by atoms with van der Waals surface area (Å²) in [6.07, 6.45) is 0. The van der Waals surface area contributed by atoms with Crippen molar-refractivity contribution in [2.75, 3.05) is 23.9 Å². The predicted molar refractivity (Wildman–Crippen MR) is 104 cm³/mol. The van der Waals surface area contributed by atoms with Crippen LogP contribution in [0.1, 0.15) is 13.8 Å². The third-order valence-electron chi connectivity index (χ3n) is 3.51. The van der Waals surface area contributed by atoms with Crippen molar-refractivity contribution in [3.63, 3.8) is 0 Å². The van der Waals surface area contributed by atoms with Crippen LogP contribution in [-0.4, -0.2) is 31.6 Å². The van der Waals surface area contributed by atoms with E-state index in [4.69, 9.17) is 16.3 Å². The first kappa shape index (κ1) is 20.5. The van der Waals surface area contributed by atoms with E-state index in [0.29, 0.717) is 17.1 Å². The Balaban J connectivity index is 1.88. The largest absolute Gasteiger partial charge is 0.484 e. The summed E-state index contributed by atoms with van der Waals surface area (Å²) in [4.78, 5) is 25.4. The van der Waals surface area contributed by atoms with Crippen LogP contribution in [0.2, 0.25) is 5.02 Å². The number of benzene rings is 2. The van der Waals surface area contributed by atoms with Gasteiger partial charge in [-0.25, -0.2) is 9.18 Å². The zero-order valence-electron chi connectivity index (χ0n) is 15.3. The molecular weight excluding hydrogens is 373 g/mol. The highest BCUT2D eigenvalue weighted by Gasteiger charge is 2.12. The van der Waals surface area contributed by atoms with Gasteiger partial charge in [0.1, 0.15) is 11.6 Å². The third kappa shape index (κ3) is 6.14. The van der Waals surface area contributed by atoms with Crippen LogP contribution in [0.5, 0.6) is 5.75 Å². The lowest BCUT2D eigenvalue weighted by Gasteiger charge is -2.20. The van der Waals surface area contributed by atoms with Crippen molar-refractivity contribution >= 4 is 34.9 Å². The van der Waals surface area contributed by atoms with E-state index in [-0.39, 0.29) is 23.7 Å². The van der Waals surface area contributed by atoms with Gasteiger partial charge in [-0.15, -0.1) is 0 Å². The van der Waals surface area contributed by atoms with Crippen molar-refractivity contribution in [3.8, 4) is 5.75 Å². The Morgan fingerprint density at radius 2 is 1.85 bits per heavy atom. The van der Waals surface area contributed by atoms with Crippen molar-refractivity contribution in [2.24, 2.45) is 0 Å². The maximum absolute atomic E-state index is 13.1. The number of hydrogen-bond acceptors (Lipinski definition) is 3. The number of nitrogens with one attached hydrogen (secondary N) is 2. The Morgan fingerprint density at radius 1 is 1.19 bits per heavy atom. The second-order valence-electron chi connectivity index (χ2n) is 6.12. The molecular formula is C19H21ClFN3O3. The minimum absolute atomic E-state index is 0.0389. The second kappa shape index (κ2) is 9.23. The van der Waals surface area contributed by atoms with Crippen molar-refractivity contribution in [1.82, 2.24) is 5.32 Å². The third-order valence-corrected chi connectivity index (χ3v) is 3.80. The van der Waals surface area contributed by atoms with Crippen molar-refractivity contribution in [2.45, 2.75) is 19.9 Å². The lowest BCUT2D eigenvalue weighted by Crippen LogP contribution is -2.40. The minimum Gasteiger partial charge on any atom is -0.484 e. The summed E-state index contributed by atoms with van der Waals surface area (Å²) in [6, 6.07) is 10.5. The fourth-order valence-electron chi connectivity index (χ4n) is 2.15. The molecule has 6 nitrogen and oxygen atoms in total. The van der Waals surface area contributed by atoms with E-state index in [1.165, 1.54) is 23.1 Å². The zero-order valence-corrected chi connectivity index (χ0v) is 16.0. The van der Waals surface area contributed by atoms with Crippen LogP contribution in [0.25, 0.3) is 0 Å². The fraction of sp³-hybridized carbons (Fsp3) is 0.263. The SMILES string of the molecule is CC(C)NC(=O)N(C)c1ccc(OCC(=O)Nc2ccc(F)c(Cl)c2)cc1. The van der Waals surface area contributed by atoms with Gasteiger partial charge < -0.3 is 15.4 Å². The molecule has 0 fully saturated rings. The number of anilines is 2. The summed E-state index contributed by atoms with van der Waals surface area (Å²) in [7, 11) is 1.66. The monoisotopic (exact) mass is 393 g/mol. The van der Waals surface area contributed by atoms with Gasteiger partial charge in [0.15, 0.2) is 6.61 Å². The Labute approximate surface area is 162 Å².